The number of carbonyl (C=O) groups excluding carboxylic acids is 1. The van der Waals surface area contributed by atoms with Crippen molar-refractivity contribution >= 4 is 65.9 Å². The number of aromatic nitrogens is 15. The zero-order valence-electron chi connectivity index (χ0n) is 57.2. The molecule has 2 saturated heterocycles. The molecule has 11 heterocycles. The van der Waals surface area contributed by atoms with Crippen LogP contribution >= 0.6 is 34.6 Å². The first kappa shape index (κ1) is 71.3. The van der Waals surface area contributed by atoms with E-state index in [1.807, 2.05) is 53.4 Å². The number of sulfonamides is 1. The fraction of sp³-hybridized carbons (Fsp3) is 0.439. The first-order chi connectivity index (χ1) is 48.9. The van der Waals surface area contributed by atoms with Crippen molar-refractivity contribution in [2.24, 2.45) is 5.92 Å². The molecule has 4 aliphatic rings. The van der Waals surface area contributed by atoms with Gasteiger partial charge in [-0.25, -0.2) is 43.0 Å². The molecule has 3 aromatic carbocycles. The standard InChI is InChI=1S/C25H33N9O2S.C21H25N7O5S2.C20H24N6O2S/c1-24(2,30-10-9-18-7-8-19(35-5)20(13-18)36-6)25(3,4)34(14-21-28-15-27-16-29-21)23-31-22(32-37-23)33-12-11-26-17-33;1-35(30,31)26-15-11-16(28(12-15)21-24-20(25-34-21)27-7-6-22-13-27)19(29)23-5-4-14-2-3-17-18(10-14)33-9-8-32-17;1-2-16(12-22-11-15-3-4-17-18(10-15)28-9-8-27-17)13-25(6-1)20-23-19(24-29-20)26-7-5-21-14-26/h7-8,11-13,15-17,30H,9-10,14H2,1-6H3;2-3,6-7,10,13,15-16,26H,4-5,8-9,11-12H2,1H3,(H,23,29);3-5,7,10,14,16,22H,1-2,6,8-9,11-13H2. The highest BCUT2D eigenvalue weighted by Gasteiger charge is 2.44. The van der Waals surface area contributed by atoms with E-state index < -0.39 is 27.6 Å². The number of methoxy groups -OCH3 is 2. The third-order valence-corrected chi connectivity index (χ3v) is 20.8. The average Bonchev–Trinajstić information content (AvgIpc) is 1.77. The molecule has 4 aliphatic heterocycles. The van der Waals surface area contributed by atoms with E-state index in [9.17, 15) is 13.2 Å². The van der Waals surface area contributed by atoms with Crippen LogP contribution in [0.15, 0.2) is 123 Å². The number of piperidine rings is 1. The molecule has 3 unspecified atom stereocenters. The van der Waals surface area contributed by atoms with E-state index >= 15 is 0 Å². The van der Waals surface area contributed by atoms with Crippen molar-refractivity contribution in [1.29, 1.82) is 0 Å². The lowest BCUT2D eigenvalue weighted by Gasteiger charge is -2.49. The van der Waals surface area contributed by atoms with Crippen LogP contribution in [0, 0.1) is 5.92 Å². The Morgan fingerprint density at radius 2 is 1.25 bits per heavy atom. The second kappa shape index (κ2) is 32.9. The third kappa shape index (κ3) is 18.3. The van der Waals surface area contributed by atoms with Crippen LogP contribution in [0.4, 0.5) is 15.4 Å². The van der Waals surface area contributed by atoms with E-state index in [2.05, 4.69) is 129 Å². The molecule has 0 bridgehead atoms. The van der Waals surface area contributed by atoms with Gasteiger partial charge in [0.2, 0.25) is 49.2 Å². The van der Waals surface area contributed by atoms with Crippen LogP contribution in [0.2, 0.25) is 0 Å². The molecule has 10 aromatic rings. The number of nitrogens with one attached hydrogen (secondary N) is 4. The number of nitrogens with zero attached hydrogens (tertiary/aromatic N) is 18. The maximum Gasteiger partial charge on any atom is 0.248 e. The molecule has 3 atom stereocenters. The molecule has 14 rings (SSSR count). The Balaban J connectivity index is 0.000000144. The van der Waals surface area contributed by atoms with Gasteiger partial charge in [0.05, 0.1) is 32.6 Å². The van der Waals surface area contributed by atoms with Crippen molar-refractivity contribution < 1.29 is 41.6 Å². The van der Waals surface area contributed by atoms with Gasteiger partial charge in [0.15, 0.2) is 40.3 Å². The number of rotatable bonds is 26. The lowest BCUT2D eigenvalue weighted by molar-refractivity contribution is -0.122. The number of ether oxygens (including phenoxy) is 6. The predicted molar refractivity (Wildman–Crippen MR) is 382 cm³/mol. The van der Waals surface area contributed by atoms with E-state index in [1.54, 1.807) is 72.0 Å². The van der Waals surface area contributed by atoms with Gasteiger partial charge >= 0.3 is 0 Å². The van der Waals surface area contributed by atoms with Crippen molar-refractivity contribution in [3.8, 4) is 52.3 Å². The number of carbonyl (C=O) groups is 1. The van der Waals surface area contributed by atoms with Crippen molar-refractivity contribution in [3.05, 3.63) is 146 Å². The minimum atomic E-state index is -3.43. The molecule has 0 aliphatic carbocycles. The number of hydrogen-bond donors (Lipinski definition) is 4. The lowest BCUT2D eigenvalue weighted by atomic mass is 9.80. The summed E-state index contributed by atoms with van der Waals surface area (Å²) in [5.74, 6) is 7.36. The summed E-state index contributed by atoms with van der Waals surface area (Å²) in [6.45, 7) is 16.9. The Hall–Kier alpha value is -9.52. The van der Waals surface area contributed by atoms with Crippen molar-refractivity contribution in [2.75, 3.05) is 101 Å². The van der Waals surface area contributed by atoms with Gasteiger partial charge < -0.3 is 59.1 Å². The van der Waals surface area contributed by atoms with Gasteiger partial charge in [0.25, 0.3) is 0 Å². The Morgan fingerprint density at radius 3 is 1.88 bits per heavy atom. The molecule has 0 saturated carbocycles. The number of anilines is 3. The first-order valence-electron chi connectivity index (χ1n) is 33.0. The minimum absolute atomic E-state index is 0.195. The largest absolute Gasteiger partial charge is 0.493 e. The quantitative estimate of drug-likeness (QED) is 0.0470. The maximum atomic E-state index is 13.2. The van der Waals surface area contributed by atoms with E-state index in [1.165, 1.54) is 54.1 Å². The second-order valence-corrected chi connectivity index (χ2v) is 29.3. The van der Waals surface area contributed by atoms with Crippen molar-refractivity contribution in [3.63, 3.8) is 0 Å². The SMILES string of the molecule is COc1ccc(CCNC(C)(C)C(C)(C)N(Cc2ncncn2)c2nc(-n3ccnc3)ns2)cc1OC.CS(=O)(=O)NC1CC(C(=O)NCCc2ccc3c(c2)OCCO3)N(c2nc(-n3ccnc3)ns2)C1.c1cn(-c2nsc(N3CCCC(CNCc4ccc5c(c4)OCCO5)C3)n2)cn1. The third-order valence-electron chi connectivity index (χ3n) is 17.8. The molecule has 4 N–H and O–H groups in total. The van der Waals surface area contributed by atoms with Crippen LogP contribution in [0.1, 0.15) is 69.5 Å². The molecular formula is C66H82N22O9S4. The van der Waals surface area contributed by atoms with Crippen LogP contribution in [0.5, 0.6) is 34.5 Å². The molecule has 534 valence electrons. The highest BCUT2D eigenvalue weighted by Crippen LogP contribution is 2.37. The van der Waals surface area contributed by atoms with E-state index in [4.69, 9.17) is 33.4 Å². The Morgan fingerprint density at radius 1 is 0.673 bits per heavy atom. The minimum Gasteiger partial charge on any atom is -0.493 e. The summed E-state index contributed by atoms with van der Waals surface area (Å²) in [6, 6.07) is 16.9. The average molecular weight is 1460 g/mol. The number of hydrogen-bond acceptors (Lipinski definition) is 29. The molecule has 0 radical (unpaired) electrons. The highest BCUT2D eigenvalue weighted by molar-refractivity contribution is 7.88. The van der Waals surface area contributed by atoms with Gasteiger partial charge in [-0.2, -0.15) is 28.1 Å². The second-order valence-electron chi connectivity index (χ2n) is 25.3. The molecule has 101 heavy (non-hydrogen) atoms. The Bertz CT molecular complexity index is 4390. The Labute approximate surface area is 597 Å². The summed E-state index contributed by atoms with van der Waals surface area (Å²) in [6.07, 6.45) is 23.8. The van der Waals surface area contributed by atoms with Crippen LogP contribution in [0.25, 0.3) is 17.8 Å². The molecule has 1 amide bonds. The van der Waals surface area contributed by atoms with Crippen LogP contribution in [-0.4, -0.2) is 195 Å². The normalized spacial score (nSPS) is 16.6. The topological polar surface area (TPSA) is 334 Å². The number of amides is 1. The van der Waals surface area contributed by atoms with E-state index in [-0.39, 0.29) is 11.4 Å². The number of imidazole rings is 3. The first-order valence-corrected chi connectivity index (χ1v) is 37.2. The van der Waals surface area contributed by atoms with Gasteiger partial charge in [-0.3, -0.25) is 18.5 Å². The monoisotopic (exact) mass is 1450 g/mol. The summed E-state index contributed by atoms with van der Waals surface area (Å²) in [5.41, 5.74) is 2.65. The van der Waals surface area contributed by atoms with Gasteiger partial charge in [-0.1, -0.05) is 18.2 Å². The van der Waals surface area contributed by atoms with Crippen molar-refractivity contribution in [1.82, 2.24) is 92.4 Å². The van der Waals surface area contributed by atoms with Gasteiger partial charge in [0, 0.05) is 116 Å². The van der Waals surface area contributed by atoms with Gasteiger partial charge in [0.1, 0.15) is 64.1 Å². The summed E-state index contributed by atoms with van der Waals surface area (Å²) in [4.78, 5) is 58.4. The molecule has 7 aromatic heterocycles. The Kier molecular flexibility index (Phi) is 23.2. The van der Waals surface area contributed by atoms with Crippen LogP contribution in [-0.2, 0) is 40.7 Å². The molecule has 0 spiro atoms. The van der Waals surface area contributed by atoms with Crippen molar-refractivity contribution in [2.45, 2.75) is 96.1 Å². The van der Waals surface area contributed by atoms with Gasteiger partial charge in [-0.05, 0) is 132 Å². The molecule has 31 nitrogen and oxygen atoms in total. The lowest BCUT2D eigenvalue weighted by Crippen LogP contribution is -2.64. The van der Waals surface area contributed by atoms with Crippen LogP contribution < -0.4 is 63.8 Å². The number of benzene rings is 3. The maximum absolute atomic E-state index is 13.2. The molecular weight excluding hydrogens is 1370 g/mol. The zero-order valence-corrected chi connectivity index (χ0v) is 60.4. The molecule has 35 heteroatoms. The summed E-state index contributed by atoms with van der Waals surface area (Å²) < 4.78 is 78.2. The van der Waals surface area contributed by atoms with Crippen LogP contribution in [0.3, 0.4) is 0 Å². The summed E-state index contributed by atoms with van der Waals surface area (Å²) in [5, 5.41) is 12.6. The zero-order chi connectivity index (χ0) is 70.4. The fourth-order valence-electron chi connectivity index (χ4n) is 11.9. The highest BCUT2D eigenvalue weighted by atomic mass is 32.2. The van der Waals surface area contributed by atoms with E-state index in [0.717, 1.165) is 107 Å². The van der Waals surface area contributed by atoms with Gasteiger partial charge in [-0.15, -0.1) is 0 Å². The summed E-state index contributed by atoms with van der Waals surface area (Å²) >= 11 is 3.95. The summed E-state index contributed by atoms with van der Waals surface area (Å²) in [7, 11) is -0.136. The number of fused-ring (bicyclic) bond motifs is 2. The molecule has 2 fully saturated rings. The predicted octanol–water partition coefficient (Wildman–Crippen LogP) is 6.17. The fourth-order valence-corrected chi connectivity index (χ4v) is 14.9. The smallest absolute Gasteiger partial charge is 0.248 e. The van der Waals surface area contributed by atoms with E-state index in [0.29, 0.717) is 99.4 Å².